The maximum absolute atomic E-state index is 12.9. The van der Waals surface area contributed by atoms with Gasteiger partial charge in [0, 0.05) is 19.3 Å². The minimum absolute atomic E-state index is 0.208. The first kappa shape index (κ1) is 19.0. The van der Waals surface area contributed by atoms with Gasteiger partial charge in [-0.15, -0.1) is 11.3 Å². The molecule has 0 fully saturated rings. The minimum Gasteiger partial charge on any atom is -0.351 e. The summed E-state index contributed by atoms with van der Waals surface area (Å²) in [5, 5.41) is 4.30. The number of nitrogens with zero attached hydrogens (tertiary/aromatic N) is 4. The summed E-state index contributed by atoms with van der Waals surface area (Å²) in [6, 6.07) is 11.9. The van der Waals surface area contributed by atoms with Crippen molar-refractivity contribution in [1.29, 1.82) is 0 Å². The van der Waals surface area contributed by atoms with Gasteiger partial charge in [0.1, 0.15) is 22.8 Å². The molecule has 1 aliphatic heterocycles. The first-order chi connectivity index (χ1) is 14.6. The predicted molar refractivity (Wildman–Crippen MR) is 121 cm³/mol. The highest BCUT2D eigenvalue weighted by atomic mass is 35.5. The first-order valence-corrected chi connectivity index (χ1v) is 10.8. The van der Waals surface area contributed by atoms with Crippen LogP contribution >= 0.6 is 22.9 Å². The number of fused-ring (bicyclic) bond motifs is 2. The van der Waals surface area contributed by atoms with Gasteiger partial charge in [0.05, 0.1) is 15.3 Å². The second-order valence-electron chi connectivity index (χ2n) is 7.19. The Kier molecular flexibility index (Phi) is 4.84. The zero-order valence-corrected chi connectivity index (χ0v) is 17.8. The average molecular weight is 436 g/mol. The molecule has 150 valence electrons. The number of thiophene rings is 1. The Morgan fingerprint density at radius 2 is 1.97 bits per heavy atom. The molecule has 0 spiro atoms. The third-order valence-corrected chi connectivity index (χ3v) is 6.73. The van der Waals surface area contributed by atoms with Crippen LogP contribution in [0.25, 0.3) is 10.2 Å². The number of hydrogen-bond donors (Lipinski definition) is 1. The van der Waals surface area contributed by atoms with Gasteiger partial charge in [0.15, 0.2) is 0 Å². The Hall–Kier alpha value is -3.03. The minimum atomic E-state index is -0.208. The lowest BCUT2D eigenvalue weighted by molar-refractivity contribution is 0.102. The molecule has 1 aromatic carbocycles. The molecule has 0 radical (unpaired) electrons. The predicted octanol–water partition coefficient (Wildman–Crippen LogP) is 4.86. The highest BCUT2D eigenvalue weighted by molar-refractivity contribution is 7.20. The van der Waals surface area contributed by atoms with Crippen molar-refractivity contribution < 1.29 is 4.79 Å². The van der Waals surface area contributed by atoms with Crippen LogP contribution in [-0.4, -0.2) is 27.4 Å². The van der Waals surface area contributed by atoms with Gasteiger partial charge < -0.3 is 10.2 Å². The largest absolute Gasteiger partial charge is 0.351 e. The molecule has 6 nitrogen and oxygen atoms in total. The third kappa shape index (κ3) is 3.40. The first-order valence-electron chi connectivity index (χ1n) is 9.59. The van der Waals surface area contributed by atoms with Gasteiger partial charge in [-0.05, 0) is 42.2 Å². The molecule has 1 amide bonds. The van der Waals surface area contributed by atoms with Gasteiger partial charge in [-0.3, -0.25) is 4.79 Å². The molecule has 4 aromatic rings. The molecule has 4 heterocycles. The van der Waals surface area contributed by atoms with E-state index < -0.39 is 0 Å². The molecule has 3 aromatic heterocycles. The highest BCUT2D eigenvalue weighted by Gasteiger charge is 2.24. The van der Waals surface area contributed by atoms with Crippen molar-refractivity contribution >= 4 is 50.7 Å². The number of carbonyl (C=O) groups is 1. The van der Waals surface area contributed by atoms with E-state index in [2.05, 4.69) is 49.4 Å². The summed E-state index contributed by atoms with van der Waals surface area (Å²) < 4.78 is 0. The summed E-state index contributed by atoms with van der Waals surface area (Å²) in [5.41, 5.74) is 3.59. The zero-order valence-electron chi connectivity index (χ0n) is 16.2. The van der Waals surface area contributed by atoms with Crippen molar-refractivity contribution in [3.05, 3.63) is 75.5 Å². The molecule has 1 N–H and O–H groups in total. The topological polar surface area (TPSA) is 71.0 Å². The summed E-state index contributed by atoms with van der Waals surface area (Å²) in [6.45, 7) is 3.64. The molecule has 5 rings (SSSR count). The van der Waals surface area contributed by atoms with Crippen molar-refractivity contribution in [2.24, 2.45) is 0 Å². The van der Waals surface area contributed by atoms with E-state index >= 15 is 0 Å². The van der Waals surface area contributed by atoms with Gasteiger partial charge in [0.2, 0.25) is 0 Å². The molecule has 0 aliphatic carbocycles. The molecule has 1 aliphatic rings. The fourth-order valence-corrected chi connectivity index (χ4v) is 4.96. The molecule has 0 saturated carbocycles. The maximum Gasteiger partial charge on any atom is 0.267 e. The lowest BCUT2D eigenvalue weighted by Crippen LogP contribution is -2.31. The van der Waals surface area contributed by atoms with Crippen LogP contribution in [0.4, 0.5) is 11.6 Å². The normalized spacial score (nSPS) is 13.3. The second kappa shape index (κ2) is 7.66. The lowest BCUT2D eigenvalue weighted by atomic mass is 9.99. The molecular formula is C22H18ClN5OS. The van der Waals surface area contributed by atoms with E-state index in [4.69, 9.17) is 11.6 Å². The van der Waals surface area contributed by atoms with E-state index in [1.807, 2.05) is 6.92 Å². The molecule has 0 saturated heterocycles. The van der Waals surface area contributed by atoms with E-state index in [9.17, 15) is 4.79 Å². The zero-order chi connectivity index (χ0) is 20.7. The number of aromatic nitrogens is 3. The monoisotopic (exact) mass is 435 g/mol. The van der Waals surface area contributed by atoms with Crippen LogP contribution in [-0.2, 0) is 13.0 Å². The van der Waals surface area contributed by atoms with Crippen molar-refractivity contribution in [1.82, 2.24) is 15.0 Å². The molecule has 0 atom stereocenters. The van der Waals surface area contributed by atoms with Crippen LogP contribution < -0.4 is 10.2 Å². The van der Waals surface area contributed by atoms with Crippen molar-refractivity contribution in [3.8, 4) is 0 Å². The fraction of sp³-hybridized carbons (Fsp3) is 0.182. The number of pyridine rings is 1. The van der Waals surface area contributed by atoms with E-state index in [1.54, 1.807) is 18.5 Å². The summed E-state index contributed by atoms with van der Waals surface area (Å²) in [4.78, 5) is 29.8. The third-order valence-electron chi connectivity index (χ3n) is 5.31. The van der Waals surface area contributed by atoms with Crippen LogP contribution in [0.2, 0.25) is 5.02 Å². The summed E-state index contributed by atoms with van der Waals surface area (Å²) in [5.74, 6) is 1.13. The number of rotatable bonds is 3. The van der Waals surface area contributed by atoms with Gasteiger partial charge in [-0.2, -0.15) is 0 Å². The number of hydrogen-bond acceptors (Lipinski definition) is 6. The van der Waals surface area contributed by atoms with Gasteiger partial charge >= 0.3 is 0 Å². The molecule has 0 bridgehead atoms. The quantitative estimate of drug-likeness (QED) is 0.497. The Morgan fingerprint density at radius 3 is 2.77 bits per heavy atom. The van der Waals surface area contributed by atoms with Crippen LogP contribution in [0.1, 0.15) is 26.4 Å². The number of halogens is 1. The lowest BCUT2D eigenvalue weighted by Gasteiger charge is -2.30. The smallest absolute Gasteiger partial charge is 0.267 e. The maximum atomic E-state index is 12.9. The van der Waals surface area contributed by atoms with Gasteiger partial charge in [-0.1, -0.05) is 35.9 Å². The number of benzene rings is 1. The van der Waals surface area contributed by atoms with Crippen LogP contribution in [0.5, 0.6) is 0 Å². The van der Waals surface area contributed by atoms with E-state index in [0.717, 1.165) is 41.1 Å². The number of aryl methyl sites for hydroxylation is 1. The number of anilines is 2. The highest BCUT2D eigenvalue weighted by Crippen LogP contribution is 2.36. The molecular weight excluding hydrogens is 418 g/mol. The standard InChI is InChI=1S/C22H18ClN5OS/c1-13-18-20(28-9-8-14-4-2-3-5-15(14)11-28)25-12-26-22(18)30-19(13)21(29)27-17-7-6-16(23)10-24-17/h2-7,10,12H,8-9,11H2,1H3,(H,24,27,29). The Balaban J connectivity index is 1.49. The fourth-order valence-electron chi connectivity index (χ4n) is 3.81. The molecule has 8 heteroatoms. The average Bonchev–Trinajstić information content (AvgIpc) is 3.12. The Labute approximate surface area is 182 Å². The number of amides is 1. The second-order valence-corrected chi connectivity index (χ2v) is 8.63. The Morgan fingerprint density at radius 1 is 1.13 bits per heavy atom. The number of nitrogens with one attached hydrogen (secondary N) is 1. The summed E-state index contributed by atoms with van der Waals surface area (Å²) in [7, 11) is 0. The SMILES string of the molecule is Cc1c(C(=O)Nc2ccc(Cl)cn2)sc2ncnc(N3CCc4ccccc4C3)c12. The Bertz CT molecular complexity index is 1250. The summed E-state index contributed by atoms with van der Waals surface area (Å²) in [6.07, 6.45) is 4.06. The summed E-state index contributed by atoms with van der Waals surface area (Å²) >= 11 is 7.25. The van der Waals surface area contributed by atoms with Gasteiger partial charge in [-0.25, -0.2) is 15.0 Å². The van der Waals surface area contributed by atoms with Gasteiger partial charge in [0.25, 0.3) is 5.91 Å². The van der Waals surface area contributed by atoms with E-state index in [-0.39, 0.29) is 5.91 Å². The van der Waals surface area contributed by atoms with Crippen LogP contribution in [0.15, 0.2) is 48.9 Å². The molecule has 30 heavy (non-hydrogen) atoms. The molecule has 0 unspecified atom stereocenters. The van der Waals surface area contributed by atoms with Crippen molar-refractivity contribution in [2.75, 3.05) is 16.8 Å². The van der Waals surface area contributed by atoms with Crippen molar-refractivity contribution in [3.63, 3.8) is 0 Å². The van der Waals surface area contributed by atoms with Crippen LogP contribution in [0, 0.1) is 6.92 Å². The van der Waals surface area contributed by atoms with Crippen molar-refractivity contribution in [2.45, 2.75) is 19.9 Å². The van der Waals surface area contributed by atoms with E-state index in [1.165, 1.54) is 28.7 Å². The van der Waals surface area contributed by atoms with Crippen LogP contribution in [0.3, 0.4) is 0 Å². The van der Waals surface area contributed by atoms with E-state index in [0.29, 0.717) is 15.7 Å². The number of carbonyl (C=O) groups excluding carboxylic acids is 1.